The van der Waals surface area contributed by atoms with Crippen LogP contribution in [0.4, 0.5) is 0 Å². The fraction of sp³-hybridized carbons (Fsp3) is 0.636. The van der Waals surface area contributed by atoms with Gasteiger partial charge in [-0.2, -0.15) is 0 Å². The Morgan fingerprint density at radius 1 is 0.714 bits per heavy atom. The third kappa shape index (κ3) is 8.63. The number of ketones is 4. The van der Waals surface area contributed by atoms with E-state index >= 15 is 0 Å². The van der Waals surface area contributed by atoms with Crippen LogP contribution in [0.3, 0.4) is 0 Å². The summed E-state index contributed by atoms with van der Waals surface area (Å²) >= 11 is 0. The van der Waals surface area contributed by atoms with Crippen molar-refractivity contribution < 1.29 is 23.9 Å². The van der Waals surface area contributed by atoms with Crippen molar-refractivity contribution in [1.29, 1.82) is 0 Å². The Labute approximate surface area is 294 Å². The van der Waals surface area contributed by atoms with Gasteiger partial charge in [0, 0.05) is 54.4 Å². The van der Waals surface area contributed by atoms with Gasteiger partial charge in [0.1, 0.15) is 28.9 Å². The van der Waals surface area contributed by atoms with Crippen molar-refractivity contribution in [1.82, 2.24) is 0 Å². The van der Waals surface area contributed by atoms with Crippen LogP contribution in [0.5, 0.6) is 5.75 Å². The normalized spacial score (nSPS) is 27.5. The molecule has 0 saturated heterocycles. The Morgan fingerprint density at radius 2 is 1.33 bits per heavy atom. The molecule has 0 N–H and O–H groups in total. The van der Waals surface area contributed by atoms with Crippen molar-refractivity contribution in [3.63, 3.8) is 0 Å². The Bertz CT molecular complexity index is 1470. The third-order valence-electron chi connectivity index (χ3n) is 13.0. The second kappa shape index (κ2) is 16.3. The number of ether oxygens (including phenoxy) is 1. The number of hydrogen-bond acceptors (Lipinski definition) is 5. The maximum Gasteiger partial charge on any atom is 0.142 e. The molecule has 5 heteroatoms. The minimum atomic E-state index is -1.00. The average Bonchev–Trinajstić information content (AvgIpc) is 3.12. The maximum absolute atomic E-state index is 14.5. The molecule has 264 valence electrons. The van der Waals surface area contributed by atoms with Crippen LogP contribution in [0.1, 0.15) is 127 Å². The maximum atomic E-state index is 14.5. The van der Waals surface area contributed by atoms with E-state index in [2.05, 4.69) is 18.2 Å². The van der Waals surface area contributed by atoms with E-state index in [9.17, 15) is 19.2 Å². The van der Waals surface area contributed by atoms with E-state index in [1.165, 1.54) is 37.7 Å². The van der Waals surface area contributed by atoms with E-state index in [1.807, 2.05) is 44.2 Å². The fourth-order valence-electron chi connectivity index (χ4n) is 10.2. The Hall–Kier alpha value is -3.08. The molecule has 5 nitrogen and oxygen atoms in total. The monoisotopic (exact) mass is 666 g/mol. The molecule has 2 aromatic rings. The largest absolute Gasteiger partial charge is 0.494 e. The third-order valence-corrected chi connectivity index (χ3v) is 13.0. The van der Waals surface area contributed by atoms with E-state index in [1.54, 1.807) is 0 Å². The standard InChI is InChI=1S/C44H58O5/c1-3-49-42-16-10-9-15-37(42)25-38(45)28-44(2,43(48)34-23-17-31(18-24-34)30-11-5-4-6-12-30)29-41(47)33-21-19-32(20-22-33)39-26-35-13-7-8-14-36(35)27-40(39)46/h7-10,13-16,30-34,39H,3-6,11-12,17-29H2,1-2H3. The number of benzene rings is 2. The number of carbonyl (C=O) groups excluding carboxylic acids is 4. The van der Waals surface area contributed by atoms with E-state index in [0.29, 0.717) is 36.4 Å². The molecule has 2 aromatic carbocycles. The minimum Gasteiger partial charge on any atom is -0.494 e. The van der Waals surface area contributed by atoms with Crippen LogP contribution >= 0.6 is 0 Å². The molecule has 2 atom stereocenters. The van der Waals surface area contributed by atoms with E-state index in [4.69, 9.17) is 4.74 Å². The zero-order valence-electron chi connectivity index (χ0n) is 30.1. The molecule has 3 fully saturated rings. The highest BCUT2D eigenvalue weighted by molar-refractivity contribution is 5.97. The molecule has 0 spiro atoms. The number of fused-ring (bicyclic) bond motifs is 1. The van der Waals surface area contributed by atoms with Crippen LogP contribution in [0.25, 0.3) is 0 Å². The van der Waals surface area contributed by atoms with Gasteiger partial charge in [-0.15, -0.1) is 0 Å². The zero-order chi connectivity index (χ0) is 34.4. The first-order chi connectivity index (χ1) is 23.7. The number of hydrogen-bond donors (Lipinski definition) is 0. The quantitative estimate of drug-likeness (QED) is 0.213. The lowest BCUT2D eigenvalue weighted by Crippen LogP contribution is -2.41. The van der Waals surface area contributed by atoms with E-state index in [-0.39, 0.29) is 54.4 Å². The number of rotatable bonds is 13. The van der Waals surface area contributed by atoms with Crippen molar-refractivity contribution in [2.45, 2.75) is 129 Å². The Balaban J connectivity index is 1.11. The lowest BCUT2D eigenvalue weighted by molar-refractivity contribution is -0.142. The SMILES string of the molecule is CCOc1ccccc1CC(=O)CC(C)(CC(=O)C1CCC(C2Cc3ccccc3CC2=O)CC1)C(=O)C1CCC(C2CCCCC2)CC1. The predicted molar refractivity (Wildman–Crippen MR) is 193 cm³/mol. The molecule has 2 unspecified atom stereocenters. The molecule has 0 radical (unpaired) electrons. The highest BCUT2D eigenvalue weighted by atomic mass is 16.5. The first kappa shape index (κ1) is 35.7. The van der Waals surface area contributed by atoms with Gasteiger partial charge in [-0.05, 0) is 99.7 Å². The highest BCUT2D eigenvalue weighted by Crippen LogP contribution is 2.45. The number of carbonyl (C=O) groups is 4. The molecule has 0 bridgehead atoms. The Kier molecular flexibility index (Phi) is 11.9. The molecule has 6 rings (SSSR count). The van der Waals surface area contributed by atoms with Gasteiger partial charge in [0.25, 0.3) is 0 Å². The summed E-state index contributed by atoms with van der Waals surface area (Å²) in [6, 6.07) is 15.9. The van der Waals surface area contributed by atoms with Crippen molar-refractivity contribution in [2.24, 2.45) is 40.9 Å². The fourth-order valence-corrected chi connectivity index (χ4v) is 10.2. The van der Waals surface area contributed by atoms with Crippen molar-refractivity contribution in [3.05, 3.63) is 65.2 Å². The van der Waals surface area contributed by atoms with Crippen molar-refractivity contribution in [3.8, 4) is 5.75 Å². The van der Waals surface area contributed by atoms with Gasteiger partial charge in [-0.3, -0.25) is 19.2 Å². The first-order valence-electron chi connectivity index (χ1n) is 19.6. The first-order valence-corrected chi connectivity index (χ1v) is 19.6. The lowest BCUT2D eigenvalue weighted by Gasteiger charge is -2.39. The predicted octanol–water partition coefficient (Wildman–Crippen LogP) is 9.30. The van der Waals surface area contributed by atoms with Crippen molar-refractivity contribution in [2.75, 3.05) is 6.61 Å². The number of para-hydroxylation sites is 1. The summed E-state index contributed by atoms with van der Waals surface area (Å²) in [5.74, 6) is 3.00. The molecule has 49 heavy (non-hydrogen) atoms. The van der Waals surface area contributed by atoms with Crippen LogP contribution in [0.2, 0.25) is 0 Å². The molecular formula is C44H58O5. The van der Waals surface area contributed by atoms with Crippen LogP contribution in [0, 0.1) is 40.9 Å². The summed E-state index contributed by atoms with van der Waals surface area (Å²) in [6.07, 6.45) is 15.7. The van der Waals surface area contributed by atoms with Crippen LogP contribution in [-0.2, 0) is 38.4 Å². The molecule has 4 aliphatic rings. The summed E-state index contributed by atoms with van der Waals surface area (Å²) in [4.78, 5) is 55.5. The van der Waals surface area contributed by atoms with Gasteiger partial charge in [0.05, 0.1) is 6.61 Å². The van der Waals surface area contributed by atoms with Gasteiger partial charge >= 0.3 is 0 Å². The summed E-state index contributed by atoms with van der Waals surface area (Å²) in [6.45, 7) is 4.36. The average molecular weight is 667 g/mol. The smallest absolute Gasteiger partial charge is 0.142 e. The van der Waals surface area contributed by atoms with Crippen LogP contribution < -0.4 is 4.74 Å². The van der Waals surface area contributed by atoms with Crippen molar-refractivity contribution >= 4 is 23.1 Å². The van der Waals surface area contributed by atoms with E-state index in [0.717, 1.165) is 74.8 Å². The molecule has 0 aliphatic heterocycles. The van der Waals surface area contributed by atoms with Crippen LogP contribution in [-0.4, -0.2) is 29.7 Å². The van der Waals surface area contributed by atoms with Gasteiger partial charge < -0.3 is 4.74 Å². The van der Waals surface area contributed by atoms with E-state index < -0.39 is 5.41 Å². The second-order valence-electron chi connectivity index (χ2n) is 16.3. The molecule has 0 aromatic heterocycles. The van der Waals surface area contributed by atoms with Crippen LogP contribution in [0.15, 0.2) is 48.5 Å². The van der Waals surface area contributed by atoms with Gasteiger partial charge in [0.15, 0.2) is 0 Å². The van der Waals surface area contributed by atoms with Gasteiger partial charge in [0.2, 0.25) is 0 Å². The topological polar surface area (TPSA) is 77.5 Å². The van der Waals surface area contributed by atoms with Gasteiger partial charge in [-0.1, -0.05) is 81.5 Å². The Morgan fingerprint density at radius 3 is 2.04 bits per heavy atom. The summed E-state index contributed by atoms with van der Waals surface area (Å²) in [5.41, 5.74) is 2.29. The minimum absolute atomic E-state index is 0.00788. The molecule has 0 heterocycles. The molecule has 4 aliphatic carbocycles. The molecule has 0 amide bonds. The molecule has 3 saturated carbocycles. The summed E-state index contributed by atoms with van der Waals surface area (Å²) < 4.78 is 5.80. The van der Waals surface area contributed by atoms with Gasteiger partial charge in [-0.25, -0.2) is 0 Å². The highest BCUT2D eigenvalue weighted by Gasteiger charge is 2.44. The molecular weight excluding hydrogens is 608 g/mol. The second-order valence-corrected chi connectivity index (χ2v) is 16.3. The zero-order valence-corrected chi connectivity index (χ0v) is 30.1. The number of Topliss-reactive ketones (excluding diaryl/α,β-unsaturated/α-hetero) is 4. The summed E-state index contributed by atoms with van der Waals surface area (Å²) in [5, 5.41) is 0. The summed E-state index contributed by atoms with van der Waals surface area (Å²) in [7, 11) is 0. The lowest BCUT2D eigenvalue weighted by atomic mass is 9.64.